The molecule has 90 valence electrons. The fraction of sp³-hybridized carbons (Fsp3) is 0.700. The van der Waals surface area contributed by atoms with Crippen molar-refractivity contribution in [3.8, 4) is 0 Å². The van der Waals surface area contributed by atoms with Gasteiger partial charge in [-0.3, -0.25) is 4.79 Å². The van der Waals surface area contributed by atoms with E-state index in [4.69, 9.17) is 16.1 Å². The Morgan fingerprint density at radius 2 is 2.25 bits per heavy atom. The molecule has 0 spiro atoms. The van der Waals surface area contributed by atoms with Crippen LogP contribution in [0, 0.1) is 5.41 Å². The number of halogens is 1. The van der Waals surface area contributed by atoms with Crippen molar-refractivity contribution in [2.45, 2.75) is 32.6 Å². The summed E-state index contributed by atoms with van der Waals surface area (Å²) in [5, 5.41) is 3.68. The summed E-state index contributed by atoms with van der Waals surface area (Å²) in [6, 6.07) is 0. The van der Waals surface area contributed by atoms with E-state index in [1.165, 1.54) is 7.11 Å². The lowest BCUT2D eigenvalue weighted by atomic mass is 9.86. The van der Waals surface area contributed by atoms with Gasteiger partial charge in [-0.25, -0.2) is 0 Å². The van der Waals surface area contributed by atoms with Gasteiger partial charge in [0, 0.05) is 6.42 Å². The summed E-state index contributed by atoms with van der Waals surface area (Å²) >= 11 is 5.56. The Morgan fingerprint density at radius 3 is 2.75 bits per heavy atom. The molecule has 0 aliphatic carbocycles. The van der Waals surface area contributed by atoms with Crippen molar-refractivity contribution in [3.63, 3.8) is 0 Å². The zero-order chi connectivity index (χ0) is 12.2. The van der Waals surface area contributed by atoms with Gasteiger partial charge in [-0.2, -0.15) is 4.98 Å². The van der Waals surface area contributed by atoms with Gasteiger partial charge in [0.1, 0.15) is 0 Å². The van der Waals surface area contributed by atoms with Crippen LogP contribution in [0.2, 0.25) is 0 Å². The first-order valence-electron chi connectivity index (χ1n) is 4.91. The van der Waals surface area contributed by atoms with Crippen LogP contribution in [-0.2, 0) is 21.8 Å². The standard InChI is InChI=1S/C10H15ClN2O3/c1-10(2,5-9(14)15-3)4-8-12-7(6-11)13-16-8/h4-6H2,1-3H3. The van der Waals surface area contributed by atoms with Gasteiger partial charge in [0.15, 0.2) is 5.82 Å². The van der Waals surface area contributed by atoms with E-state index in [0.717, 1.165) is 0 Å². The van der Waals surface area contributed by atoms with Gasteiger partial charge in [0.2, 0.25) is 5.89 Å². The van der Waals surface area contributed by atoms with Gasteiger partial charge in [-0.15, -0.1) is 11.6 Å². The van der Waals surface area contributed by atoms with Crippen molar-refractivity contribution in [1.29, 1.82) is 0 Å². The number of rotatable bonds is 5. The molecule has 0 aromatic carbocycles. The van der Waals surface area contributed by atoms with Crippen molar-refractivity contribution in [3.05, 3.63) is 11.7 Å². The van der Waals surface area contributed by atoms with Crippen LogP contribution in [0.1, 0.15) is 32.0 Å². The van der Waals surface area contributed by atoms with E-state index in [2.05, 4.69) is 14.9 Å². The molecule has 0 radical (unpaired) electrons. The van der Waals surface area contributed by atoms with Crippen LogP contribution in [0.5, 0.6) is 0 Å². The molecule has 1 aromatic rings. The topological polar surface area (TPSA) is 65.2 Å². The van der Waals surface area contributed by atoms with Crippen LogP contribution in [0.15, 0.2) is 4.52 Å². The Morgan fingerprint density at radius 1 is 1.56 bits per heavy atom. The number of nitrogens with zero attached hydrogens (tertiary/aromatic N) is 2. The number of hydrogen-bond acceptors (Lipinski definition) is 5. The van der Waals surface area contributed by atoms with E-state index in [1.807, 2.05) is 13.8 Å². The molecule has 0 saturated heterocycles. The van der Waals surface area contributed by atoms with E-state index in [-0.39, 0.29) is 17.3 Å². The molecule has 16 heavy (non-hydrogen) atoms. The zero-order valence-electron chi connectivity index (χ0n) is 9.62. The quantitative estimate of drug-likeness (QED) is 0.587. The zero-order valence-corrected chi connectivity index (χ0v) is 10.4. The first-order chi connectivity index (χ1) is 7.46. The molecule has 0 saturated carbocycles. The molecule has 0 bridgehead atoms. The maximum atomic E-state index is 11.2. The largest absolute Gasteiger partial charge is 0.469 e. The average molecular weight is 247 g/mol. The lowest BCUT2D eigenvalue weighted by molar-refractivity contribution is -0.142. The Balaban J connectivity index is 2.60. The number of esters is 1. The third-order valence-electron chi connectivity index (χ3n) is 2.11. The molecule has 0 atom stereocenters. The first-order valence-corrected chi connectivity index (χ1v) is 5.44. The summed E-state index contributed by atoms with van der Waals surface area (Å²) in [5.74, 6) is 0.929. The molecule has 0 fully saturated rings. The summed E-state index contributed by atoms with van der Waals surface area (Å²) in [4.78, 5) is 15.3. The third kappa shape index (κ3) is 3.81. The fourth-order valence-electron chi connectivity index (χ4n) is 1.35. The molecule has 0 aliphatic rings. The van der Waals surface area contributed by atoms with Gasteiger partial charge in [-0.05, 0) is 5.41 Å². The minimum atomic E-state index is -0.275. The van der Waals surface area contributed by atoms with Crippen LogP contribution in [-0.4, -0.2) is 23.2 Å². The SMILES string of the molecule is COC(=O)CC(C)(C)Cc1nc(CCl)no1. The van der Waals surface area contributed by atoms with E-state index < -0.39 is 0 Å². The molecule has 1 rings (SSSR count). The number of ether oxygens (including phenoxy) is 1. The second-order valence-corrected chi connectivity index (χ2v) is 4.60. The number of aromatic nitrogens is 2. The Kier molecular flexibility index (Phi) is 4.29. The molecular weight excluding hydrogens is 232 g/mol. The lowest BCUT2D eigenvalue weighted by Gasteiger charge is -2.20. The predicted molar refractivity (Wildman–Crippen MR) is 58.0 cm³/mol. The molecule has 0 amide bonds. The molecule has 0 N–H and O–H groups in total. The number of hydrogen-bond donors (Lipinski definition) is 0. The first kappa shape index (κ1) is 13.0. The van der Waals surface area contributed by atoms with E-state index >= 15 is 0 Å². The highest BCUT2D eigenvalue weighted by Gasteiger charge is 2.25. The monoisotopic (exact) mass is 246 g/mol. The Bertz CT molecular complexity index is 363. The molecule has 0 aliphatic heterocycles. The highest BCUT2D eigenvalue weighted by molar-refractivity contribution is 6.16. The maximum Gasteiger partial charge on any atom is 0.306 e. The van der Waals surface area contributed by atoms with Crippen molar-refractivity contribution in [1.82, 2.24) is 10.1 Å². The van der Waals surface area contributed by atoms with Crippen molar-refractivity contribution < 1.29 is 14.1 Å². The number of carbonyl (C=O) groups is 1. The van der Waals surface area contributed by atoms with Gasteiger partial charge in [0.25, 0.3) is 0 Å². The molecule has 6 heteroatoms. The Hall–Kier alpha value is -1.10. The van der Waals surface area contributed by atoms with Gasteiger partial charge < -0.3 is 9.26 Å². The van der Waals surface area contributed by atoms with Crippen LogP contribution < -0.4 is 0 Å². The molecule has 0 unspecified atom stereocenters. The number of carbonyl (C=O) groups excluding carboxylic acids is 1. The second-order valence-electron chi connectivity index (χ2n) is 4.33. The van der Waals surface area contributed by atoms with Crippen LogP contribution in [0.3, 0.4) is 0 Å². The fourth-order valence-corrected chi connectivity index (χ4v) is 1.46. The van der Waals surface area contributed by atoms with E-state index in [1.54, 1.807) is 0 Å². The molecular formula is C10H15ClN2O3. The molecule has 1 heterocycles. The second kappa shape index (κ2) is 5.30. The lowest BCUT2D eigenvalue weighted by Crippen LogP contribution is -2.21. The minimum absolute atomic E-state index is 0.223. The smallest absolute Gasteiger partial charge is 0.306 e. The number of alkyl halides is 1. The minimum Gasteiger partial charge on any atom is -0.469 e. The molecule has 5 nitrogen and oxygen atoms in total. The molecule has 1 aromatic heterocycles. The highest BCUT2D eigenvalue weighted by Crippen LogP contribution is 2.25. The highest BCUT2D eigenvalue weighted by atomic mass is 35.5. The summed E-state index contributed by atoms with van der Waals surface area (Å²) in [6.45, 7) is 3.88. The van der Waals surface area contributed by atoms with E-state index in [0.29, 0.717) is 24.6 Å². The number of methoxy groups -OCH3 is 1. The van der Waals surface area contributed by atoms with Crippen LogP contribution >= 0.6 is 11.6 Å². The van der Waals surface area contributed by atoms with Crippen LogP contribution in [0.25, 0.3) is 0 Å². The van der Waals surface area contributed by atoms with Crippen molar-refractivity contribution in [2.24, 2.45) is 5.41 Å². The van der Waals surface area contributed by atoms with Gasteiger partial charge in [0.05, 0.1) is 19.4 Å². The summed E-state index contributed by atoms with van der Waals surface area (Å²) < 4.78 is 9.63. The van der Waals surface area contributed by atoms with E-state index in [9.17, 15) is 4.79 Å². The summed E-state index contributed by atoms with van der Waals surface area (Å²) in [6.07, 6.45) is 0.827. The van der Waals surface area contributed by atoms with Crippen molar-refractivity contribution in [2.75, 3.05) is 7.11 Å². The van der Waals surface area contributed by atoms with Gasteiger partial charge in [-0.1, -0.05) is 19.0 Å². The Labute approximate surface area is 99.1 Å². The third-order valence-corrected chi connectivity index (χ3v) is 2.35. The normalized spacial score (nSPS) is 11.5. The maximum absolute atomic E-state index is 11.2. The summed E-state index contributed by atoms with van der Waals surface area (Å²) in [5.41, 5.74) is -0.275. The van der Waals surface area contributed by atoms with Crippen LogP contribution in [0.4, 0.5) is 0 Å². The van der Waals surface area contributed by atoms with Crippen molar-refractivity contribution >= 4 is 17.6 Å². The predicted octanol–water partition coefficient (Wildman–Crippen LogP) is 1.94. The van der Waals surface area contributed by atoms with Gasteiger partial charge >= 0.3 is 5.97 Å². The average Bonchev–Trinajstić information content (AvgIpc) is 2.63. The summed E-state index contributed by atoms with van der Waals surface area (Å²) in [7, 11) is 1.37.